The lowest BCUT2D eigenvalue weighted by Crippen LogP contribution is -2.46. The lowest BCUT2D eigenvalue weighted by molar-refractivity contribution is -0.765. The molecule has 16 nitrogen and oxygen atoms in total. The van der Waals surface area contributed by atoms with Crippen LogP contribution in [0.25, 0.3) is 0 Å². The van der Waals surface area contributed by atoms with E-state index in [1.54, 1.807) is 0 Å². The van der Waals surface area contributed by atoms with Gasteiger partial charge in [-0.3, -0.25) is 13.8 Å². The molecule has 0 saturated carbocycles. The first-order valence-electron chi connectivity index (χ1n) is 9.75. The van der Waals surface area contributed by atoms with E-state index in [0.29, 0.717) is 0 Å². The van der Waals surface area contributed by atoms with E-state index in [1.165, 1.54) is 29.1 Å². The first-order valence-corrected chi connectivity index (χ1v) is 12.7. The zero-order valence-corrected chi connectivity index (χ0v) is 19.1. The second kappa shape index (κ2) is 10.7. The van der Waals surface area contributed by atoms with Crippen LogP contribution in [0.2, 0.25) is 0 Å². The number of aliphatic hydroxyl groups excluding tert-OH is 4. The highest BCUT2D eigenvalue weighted by atomic mass is 31.3. The molecule has 8 N–H and O–H groups in total. The van der Waals surface area contributed by atoms with E-state index in [-0.39, 0.29) is 12.2 Å². The number of nitrogens with zero attached hydrogens (tertiary/aromatic N) is 1. The van der Waals surface area contributed by atoms with Gasteiger partial charge in [-0.1, -0.05) is 0 Å². The second-order valence-corrected chi connectivity index (χ2v) is 10.5. The standard InChI is InChI=1S/C16H24N2O14P2/c17-15(23)8-2-1-3-18(4-8)16-14(22)13(21)11(31-16)7-30-34(26,27)32-33(24,25)29-6-10-12(20)9(19)5-28-10/h1-4,9-14,16,19-22H,5-7H2,(H3-,17,23,24,25,26,27)/p+1/t9-,10+,11+,12-,13+,14+,16+/m0/s1. The summed E-state index contributed by atoms with van der Waals surface area (Å²) in [7, 11) is -10.4. The zero-order chi connectivity index (χ0) is 25.3. The van der Waals surface area contributed by atoms with Gasteiger partial charge in [-0.2, -0.15) is 8.88 Å². The summed E-state index contributed by atoms with van der Waals surface area (Å²) in [6.45, 7) is -1.84. The maximum Gasteiger partial charge on any atom is 0.481 e. The number of phosphoric ester groups is 2. The molecule has 3 heterocycles. The van der Waals surface area contributed by atoms with Gasteiger partial charge in [-0.25, -0.2) is 9.13 Å². The van der Waals surface area contributed by atoms with Crippen molar-refractivity contribution in [3.05, 3.63) is 30.1 Å². The molecule has 2 aliphatic heterocycles. The maximum absolute atomic E-state index is 12.1. The number of nitrogens with two attached hydrogens (primary N) is 1. The smallest absolute Gasteiger partial charge is 0.388 e. The summed E-state index contributed by atoms with van der Waals surface area (Å²) in [6, 6.07) is 2.85. The number of primary amides is 1. The van der Waals surface area contributed by atoms with Crippen molar-refractivity contribution in [1.82, 2.24) is 0 Å². The highest BCUT2D eigenvalue weighted by Gasteiger charge is 2.49. The van der Waals surface area contributed by atoms with Gasteiger partial charge in [0.25, 0.3) is 12.1 Å². The Labute approximate surface area is 192 Å². The van der Waals surface area contributed by atoms with E-state index in [1.807, 2.05) is 0 Å². The first kappa shape index (κ1) is 27.2. The zero-order valence-electron chi connectivity index (χ0n) is 17.3. The molecule has 1 aromatic heterocycles. The molecule has 18 heteroatoms. The largest absolute Gasteiger partial charge is 0.481 e. The lowest BCUT2D eigenvalue weighted by atomic mass is 10.1. The number of ether oxygens (including phenoxy) is 2. The van der Waals surface area contributed by atoms with Crippen molar-refractivity contribution in [2.75, 3.05) is 19.8 Å². The minimum Gasteiger partial charge on any atom is -0.388 e. The molecule has 34 heavy (non-hydrogen) atoms. The van der Waals surface area contributed by atoms with E-state index in [2.05, 4.69) is 13.4 Å². The number of carbonyl (C=O) groups is 1. The average molecular weight is 531 g/mol. The Morgan fingerprint density at radius 2 is 1.68 bits per heavy atom. The molecule has 2 saturated heterocycles. The fraction of sp³-hybridized carbons (Fsp3) is 0.625. The van der Waals surface area contributed by atoms with Crippen LogP contribution in [0.1, 0.15) is 16.6 Å². The molecule has 0 spiro atoms. The van der Waals surface area contributed by atoms with Crippen LogP contribution in [0.4, 0.5) is 0 Å². The maximum atomic E-state index is 12.1. The van der Waals surface area contributed by atoms with Crippen molar-refractivity contribution in [2.24, 2.45) is 5.73 Å². The third-order valence-corrected chi connectivity index (χ3v) is 7.61. The molecule has 192 valence electrons. The summed E-state index contributed by atoms with van der Waals surface area (Å²) in [4.78, 5) is 30.7. The molecule has 2 fully saturated rings. The summed E-state index contributed by atoms with van der Waals surface area (Å²) in [6.07, 6.45) is -6.88. The summed E-state index contributed by atoms with van der Waals surface area (Å²) in [5.74, 6) is -0.749. The molecular formula is C16H25N2O14P2+. The number of hydrogen-bond acceptors (Lipinski definition) is 12. The quantitative estimate of drug-likeness (QED) is 0.118. The Kier molecular flexibility index (Phi) is 8.59. The van der Waals surface area contributed by atoms with Crippen molar-refractivity contribution < 1.29 is 71.5 Å². The third-order valence-electron chi connectivity index (χ3n) is 5.00. The fourth-order valence-corrected chi connectivity index (χ4v) is 5.33. The van der Waals surface area contributed by atoms with E-state index in [0.717, 1.165) is 0 Å². The minimum atomic E-state index is -5.25. The molecule has 0 aliphatic carbocycles. The molecule has 1 amide bonds. The molecule has 0 aromatic carbocycles. The second-order valence-electron chi connectivity index (χ2n) is 7.49. The highest BCUT2D eigenvalue weighted by molar-refractivity contribution is 7.61. The van der Waals surface area contributed by atoms with Gasteiger partial charge in [-0.05, 0) is 6.07 Å². The van der Waals surface area contributed by atoms with Gasteiger partial charge >= 0.3 is 15.6 Å². The lowest BCUT2D eigenvalue weighted by Gasteiger charge is -2.20. The van der Waals surface area contributed by atoms with Gasteiger partial charge in [0, 0.05) is 6.07 Å². The molecule has 0 bridgehead atoms. The Morgan fingerprint density at radius 3 is 2.24 bits per heavy atom. The van der Waals surface area contributed by atoms with Gasteiger partial charge in [0.1, 0.15) is 36.1 Å². The van der Waals surface area contributed by atoms with Gasteiger partial charge in [-0.15, -0.1) is 0 Å². The molecule has 1 aromatic rings. The monoisotopic (exact) mass is 531 g/mol. The van der Waals surface area contributed by atoms with Gasteiger partial charge in [0.15, 0.2) is 18.5 Å². The van der Waals surface area contributed by atoms with E-state index in [9.17, 15) is 44.1 Å². The summed E-state index contributed by atoms with van der Waals surface area (Å²) in [5.41, 5.74) is 5.29. The molecule has 2 unspecified atom stereocenters. The van der Waals surface area contributed by atoms with Crippen LogP contribution < -0.4 is 10.3 Å². The third kappa shape index (κ3) is 6.65. The average Bonchev–Trinajstić information content (AvgIpc) is 3.23. The Bertz CT molecular complexity index is 981. The van der Waals surface area contributed by atoms with Gasteiger partial charge in [0.05, 0.1) is 19.8 Å². The molecule has 0 radical (unpaired) electrons. The number of amides is 1. The van der Waals surface area contributed by atoms with E-state index < -0.39 is 77.6 Å². The number of rotatable bonds is 10. The fourth-order valence-electron chi connectivity index (χ4n) is 3.24. The van der Waals surface area contributed by atoms with E-state index >= 15 is 0 Å². The van der Waals surface area contributed by atoms with Crippen molar-refractivity contribution in [2.45, 2.75) is 42.9 Å². The number of pyridine rings is 1. The normalized spacial score (nSPS) is 35.1. The predicted molar refractivity (Wildman–Crippen MR) is 105 cm³/mol. The minimum absolute atomic E-state index is 0.0875. The van der Waals surface area contributed by atoms with Crippen molar-refractivity contribution >= 4 is 21.6 Å². The number of phosphoric acid groups is 2. The number of hydrogen-bond donors (Lipinski definition) is 7. The molecule has 3 rings (SSSR count). The first-order chi connectivity index (χ1) is 15.8. The van der Waals surface area contributed by atoms with Gasteiger partial charge < -0.3 is 45.4 Å². The summed E-state index contributed by atoms with van der Waals surface area (Å²) >= 11 is 0. The van der Waals surface area contributed by atoms with Crippen LogP contribution in [-0.2, 0) is 32.0 Å². The van der Waals surface area contributed by atoms with E-state index in [4.69, 9.17) is 15.2 Å². The van der Waals surface area contributed by atoms with Gasteiger partial charge in [0.2, 0.25) is 0 Å². The van der Waals surface area contributed by atoms with Crippen LogP contribution in [0.3, 0.4) is 0 Å². The van der Waals surface area contributed by atoms with Crippen LogP contribution in [0.5, 0.6) is 0 Å². The SMILES string of the molecule is NC(=O)c1ccc[n+]([C@@H]2O[C@H](COP(=O)(O)OP(=O)(O)OC[C@H]3OC[C@H](O)[C@@H]3O)[C@@H](O)[C@H]2O)c1. The van der Waals surface area contributed by atoms with Crippen LogP contribution in [0, 0.1) is 0 Å². The molecule has 2 aliphatic rings. The summed E-state index contributed by atoms with van der Waals surface area (Å²) in [5, 5.41) is 39.4. The number of aromatic nitrogens is 1. The Balaban J connectivity index is 1.55. The molecular weight excluding hydrogens is 506 g/mol. The Hall–Kier alpha value is -1.36. The Morgan fingerprint density at radius 1 is 1.06 bits per heavy atom. The van der Waals surface area contributed by atoms with Crippen molar-refractivity contribution in [3.63, 3.8) is 0 Å². The number of carbonyl (C=O) groups excluding carboxylic acids is 1. The van der Waals surface area contributed by atoms with Crippen LogP contribution in [0.15, 0.2) is 24.5 Å². The predicted octanol–water partition coefficient (Wildman–Crippen LogP) is -2.94. The van der Waals surface area contributed by atoms with Crippen LogP contribution in [-0.4, -0.2) is 92.6 Å². The van der Waals surface area contributed by atoms with Crippen molar-refractivity contribution in [1.29, 1.82) is 0 Å². The summed E-state index contributed by atoms with van der Waals surface area (Å²) < 4.78 is 48.9. The highest BCUT2D eigenvalue weighted by Crippen LogP contribution is 2.60. The topological polar surface area (TPSA) is 249 Å². The van der Waals surface area contributed by atoms with Crippen molar-refractivity contribution in [3.8, 4) is 0 Å². The molecule has 9 atom stereocenters. The van der Waals surface area contributed by atoms with Crippen LogP contribution >= 0.6 is 15.6 Å². The number of aliphatic hydroxyl groups is 4.